The van der Waals surface area contributed by atoms with Gasteiger partial charge in [-0.15, -0.1) is 0 Å². The maximum absolute atomic E-state index is 12.8. The van der Waals surface area contributed by atoms with Crippen molar-refractivity contribution in [3.8, 4) is 0 Å². The fraction of sp³-hybridized carbons (Fsp3) is 0.545. The Morgan fingerprint density at radius 1 is 0.939 bits per heavy atom. The molecule has 1 aromatic rings. The second-order valence-electron chi connectivity index (χ2n) is 7.94. The van der Waals surface area contributed by atoms with Gasteiger partial charge in [0.2, 0.25) is 17.7 Å². The van der Waals surface area contributed by atoms with Gasteiger partial charge in [0.15, 0.2) is 0 Å². The summed E-state index contributed by atoms with van der Waals surface area (Å²) >= 11 is 0. The molecular formula is C22H35N5O6. The SMILES string of the molecule is CC(NC(=O)C(CCCCN)NC(=O)C(NC(=O)C(N)Cc1ccccc1)C(C)O)C(=O)O. The molecule has 184 valence electrons. The van der Waals surface area contributed by atoms with Crippen molar-refractivity contribution in [1.82, 2.24) is 16.0 Å². The molecule has 0 aromatic heterocycles. The zero-order valence-corrected chi connectivity index (χ0v) is 19.0. The second kappa shape index (κ2) is 14.2. The minimum Gasteiger partial charge on any atom is -0.480 e. The number of benzene rings is 1. The first-order valence-corrected chi connectivity index (χ1v) is 10.9. The molecule has 0 heterocycles. The number of hydrogen-bond donors (Lipinski definition) is 7. The lowest BCUT2D eigenvalue weighted by Crippen LogP contribution is -2.59. The molecule has 11 heteroatoms. The van der Waals surface area contributed by atoms with Gasteiger partial charge in [0.05, 0.1) is 12.1 Å². The van der Waals surface area contributed by atoms with Crippen LogP contribution in [0.5, 0.6) is 0 Å². The summed E-state index contributed by atoms with van der Waals surface area (Å²) in [5.74, 6) is -3.34. The number of amides is 3. The molecule has 5 atom stereocenters. The Morgan fingerprint density at radius 2 is 1.58 bits per heavy atom. The van der Waals surface area contributed by atoms with Crippen LogP contribution in [0.1, 0.15) is 38.7 Å². The Bertz CT molecular complexity index is 789. The van der Waals surface area contributed by atoms with Crippen LogP contribution >= 0.6 is 0 Å². The number of carboxylic acid groups (broad SMARTS) is 1. The summed E-state index contributed by atoms with van der Waals surface area (Å²) in [5.41, 5.74) is 12.3. The van der Waals surface area contributed by atoms with Gasteiger partial charge in [0.25, 0.3) is 0 Å². The lowest BCUT2D eigenvalue weighted by Gasteiger charge is -2.26. The van der Waals surface area contributed by atoms with Crippen LogP contribution in [0.15, 0.2) is 30.3 Å². The van der Waals surface area contributed by atoms with Crippen molar-refractivity contribution in [2.75, 3.05) is 6.54 Å². The molecule has 9 N–H and O–H groups in total. The van der Waals surface area contributed by atoms with E-state index in [9.17, 15) is 24.3 Å². The molecular weight excluding hydrogens is 430 g/mol. The molecule has 11 nitrogen and oxygen atoms in total. The minimum atomic E-state index is -1.36. The van der Waals surface area contributed by atoms with Crippen LogP contribution < -0.4 is 27.4 Å². The molecule has 1 aromatic carbocycles. The number of carbonyl (C=O) groups is 4. The molecule has 0 aliphatic heterocycles. The van der Waals surface area contributed by atoms with Crippen molar-refractivity contribution in [3.63, 3.8) is 0 Å². The lowest BCUT2D eigenvalue weighted by atomic mass is 10.0. The largest absolute Gasteiger partial charge is 0.480 e. The van der Waals surface area contributed by atoms with E-state index in [1.165, 1.54) is 13.8 Å². The van der Waals surface area contributed by atoms with Crippen LogP contribution in [0.4, 0.5) is 0 Å². The summed E-state index contributed by atoms with van der Waals surface area (Å²) in [7, 11) is 0. The van der Waals surface area contributed by atoms with Crippen molar-refractivity contribution in [2.24, 2.45) is 11.5 Å². The number of nitrogens with one attached hydrogen (secondary N) is 3. The number of rotatable bonds is 14. The topological polar surface area (TPSA) is 197 Å². The summed E-state index contributed by atoms with van der Waals surface area (Å²) in [4.78, 5) is 48.9. The Labute approximate surface area is 193 Å². The van der Waals surface area contributed by atoms with Crippen LogP contribution in [0.3, 0.4) is 0 Å². The smallest absolute Gasteiger partial charge is 0.325 e. The molecule has 33 heavy (non-hydrogen) atoms. The number of carboxylic acids is 1. The second-order valence-corrected chi connectivity index (χ2v) is 7.94. The van der Waals surface area contributed by atoms with E-state index in [2.05, 4.69) is 16.0 Å². The molecule has 0 fully saturated rings. The third-order valence-corrected chi connectivity index (χ3v) is 5.01. The van der Waals surface area contributed by atoms with Gasteiger partial charge in [-0.25, -0.2) is 0 Å². The normalized spacial score (nSPS) is 15.4. The number of nitrogens with two attached hydrogens (primary N) is 2. The summed E-state index contributed by atoms with van der Waals surface area (Å²) in [6, 6.07) is 4.54. The molecule has 0 aliphatic rings. The van der Waals surface area contributed by atoms with E-state index in [0.29, 0.717) is 19.4 Å². The average molecular weight is 466 g/mol. The molecule has 0 aliphatic carbocycles. The molecule has 1 rings (SSSR count). The number of aliphatic hydroxyl groups excluding tert-OH is 1. The summed E-state index contributed by atoms with van der Waals surface area (Å²) in [5, 5.41) is 26.3. The Balaban J connectivity index is 2.85. The van der Waals surface area contributed by atoms with Crippen LogP contribution in [-0.2, 0) is 25.6 Å². The number of unbranched alkanes of at least 4 members (excludes halogenated alkanes) is 1. The van der Waals surface area contributed by atoms with Crippen LogP contribution in [0.2, 0.25) is 0 Å². The van der Waals surface area contributed by atoms with Crippen molar-refractivity contribution in [1.29, 1.82) is 0 Å². The standard InChI is InChI=1S/C22H35N5O6/c1-13(22(32)33)25-20(30)17(10-6-7-11-23)26-21(31)18(14(2)28)27-19(29)16(24)12-15-8-4-3-5-9-15/h3-5,8-9,13-14,16-18,28H,6-7,10-12,23-24H2,1-2H3,(H,25,30)(H,26,31)(H,27,29)(H,32,33). The third kappa shape index (κ3) is 9.98. The number of hydrogen-bond acceptors (Lipinski definition) is 7. The first kappa shape index (κ1) is 28.0. The minimum absolute atomic E-state index is 0.203. The summed E-state index contributed by atoms with van der Waals surface area (Å²) in [6.07, 6.45) is 0.263. The third-order valence-electron chi connectivity index (χ3n) is 5.01. The fourth-order valence-corrected chi connectivity index (χ4v) is 3.03. The van der Waals surface area contributed by atoms with Gasteiger partial charge in [0.1, 0.15) is 18.1 Å². The van der Waals surface area contributed by atoms with E-state index in [4.69, 9.17) is 16.6 Å². The highest BCUT2D eigenvalue weighted by Crippen LogP contribution is 2.06. The zero-order chi connectivity index (χ0) is 25.0. The monoisotopic (exact) mass is 465 g/mol. The quantitative estimate of drug-likeness (QED) is 0.163. The Hall–Kier alpha value is -3.02. The number of aliphatic carboxylic acids is 1. The van der Waals surface area contributed by atoms with E-state index < -0.39 is 54.0 Å². The van der Waals surface area contributed by atoms with E-state index in [0.717, 1.165) is 5.56 Å². The van der Waals surface area contributed by atoms with Gasteiger partial charge < -0.3 is 37.6 Å². The Morgan fingerprint density at radius 3 is 2.12 bits per heavy atom. The van der Waals surface area contributed by atoms with Crippen LogP contribution in [0, 0.1) is 0 Å². The molecule has 3 amide bonds. The highest BCUT2D eigenvalue weighted by atomic mass is 16.4. The maximum atomic E-state index is 12.8. The maximum Gasteiger partial charge on any atom is 0.325 e. The molecule has 5 unspecified atom stereocenters. The first-order chi connectivity index (χ1) is 15.6. The van der Waals surface area contributed by atoms with Gasteiger partial charge in [-0.05, 0) is 51.6 Å². The molecule has 0 spiro atoms. The Kier molecular flexibility index (Phi) is 12.0. The highest BCUT2D eigenvalue weighted by molar-refractivity contribution is 5.94. The molecule has 0 saturated heterocycles. The molecule has 0 radical (unpaired) electrons. The van der Waals surface area contributed by atoms with E-state index in [1.807, 2.05) is 30.3 Å². The number of carbonyl (C=O) groups excluding carboxylic acids is 3. The van der Waals surface area contributed by atoms with Gasteiger partial charge in [-0.1, -0.05) is 30.3 Å². The lowest BCUT2D eigenvalue weighted by molar-refractivity contribution is -0.142. The fourth-order valence-electron chi connectivity index (χ4n) is 3.03. The highest BCUT2D eigenvalue weighted by Gasteiger charge is 2.31. The van der Waals surface area contributed by atoms with E-state index in [1.54, 1.807) is 0 Å². The van der Waals surface area contributed by atoms with Gasteiger partial charge in [-0.3, -0.25) is 19.2 Å². The predicted octanol–water partition coefficient (Wildman–Crippen LogP) is -1.37. The van der Waals surface area contributed by atoms with Crippen molar-refractivity contribution < 1.29 is 29.4 Å². The first-order valence-electron chi connectivity index (χ1n) is 10.9. The van der Waals surface area contributed by atoms with Crippen molar-refractivity contribution in [3.05, 3.63) is 35.9 Å². The zero-order valence-electron chi connectivity index (χ0n) is 19.0. The summed E-state index contributed by atoms with van der Waals surface area (Å²) < 4.78 is 0. The van der Waals surface area contributed by atoms with E-state index in [-0.39, 0.29) is 12.8 Å². The van der Waals surface area contributed by atoms with Gasteiger partial charge >= 0.3 is 5.97 Å². The van der Waals surface area contributed by atoms with Crippen molar-refractivity contribution in [2.45, 2.75) is 69.8 Å². The van der Waals surface area contributed by atoms with E-state index >= 15 is 0 Å². The van der Waals surface area contributed by atoms with Crippen LogP contribution in [0.25, 0.3) is 0 Å². The number of aliphatic hydroxyl groups is 1. The predicted molar refractivity (Wildman–Crippen MR) is 122 cm³/mol. The van der Waals surface area contributed by atoms with Crippen molar-refractivity contribution >= 4 is 23.7 Å². The van der Waals surface area contributed by atoms with Gasteiger partial charge in [0, 0.05) is 0 Å². The van der Waals surface area contributed by atoms with Gasteiger partial charge in [-0.2, -0.15) is 0 Å². The summed E-state index contributed by atoms with van der Waals surface area (Å²) in [6.45, 7) is 3.01. The average Bonchev–Trinajstić information content (AvgIpc) is 2.76. The molecule has 0 bridgehead atoms. The van der Waals surface area contributed by atoms with Crippen LogP contribution in [-0.4, -0.2) is 70.7 Å². The molecule has 0 saturated carbocycles.